The number of hydrogen-bond donors (Lipinski definition) is 2. The first-order chi connectivity index (χ1) is 12.0. The van der Waals surface area contributed by atoms with E-state index in [1.165, 1.54) is 12.1 Å². The van der Waals surface area contributed by atoms with Gasteiger partial charge in [-0.1, -0.05) is 0 Å². The van der Waals surface area contributed by atoms with Gasteiger partial charge in [0.25, 0.3) is 0 Å². The van der Waals surface area contributed by atoms with Crippen molar-refractivity contribution in [2.75, 3.05) is 12.3 Å². The highest BCUT2D eigenvalue weighted by Crippen LogP contribution is 2.26. The van der Waals surface area contributed by atoms with Gasteiger partial charge in [-0.2, -0.15) is 0 Å². The number of carboxylic acid groups (broad SMARTS) is 1. The maximum absolute atomic E-state index is 13.1. The van der Waals surface area contributed by atoms with Crippen molar-refractivity contribution < 1.29 is 19.0 Å². The van der Waals surface area contributed by atoms with Gasteiger partial charge in [-0.25, -0.2) is 19.2 Å². The highest BCUT2D eigenvalue weighted by atomic mass is 19.1. The molecule has 1 heterocycles. The van der Waals surface area contributed by atoms with Gasteiger partial charge < -0.3 is 15.6 Å². The summed E-state index contributed by atoms with van der Waals surface area (Å²) in [6.45, 7) is -0.408. The lowest BCUT2D eigenvalue weighted by Crippen LogP contribution is -2.09. The molecule has 3 N–H and O–H groups in total. The number of ether oxygens (including phenoxy) is 1. The molecule has 0 radical (unpaired) electrons. The van der Waals surface area contributed by atoms with E-state index in [4.69, 9.17) is 15.6 Å². The van der Waals surface area contributed by atoms with Crippen LogP contribution in [0.2, 0.25) is 0 Å². The van der Waals surface area contributed by atoms with Crippen LogP contribution in [0.5, 0.6) is 5.75 Å². The molecule has 0 fully saturated rings. The van der Waals surface area contributed by atoms with Crippen molar-refractivity contribution in [2.24, 2.45) is 0 Å². The number of hydrogen-bond acceptors (Lipinski definition) is 5. The highest BCUT2D eigenvalue weighted by molar-refractivity contribution is 5.70. The number of anilines is 1. The molecule has 7 heteroatoms. The van der Waals surface area contributed by atoms with Gasteiger partial charge in [-0.05, 0) is 54.6 Å². The van der Waals surface area contributed by atoms with E-state index in [0.29, 0.717) is 17.1 Å². The van der Waals surface area contributed by atoms with Crippen LogP contribution in [0, 0.1) is 5.82 Å². The number of nitrogens with zero attached hydrogens (tertiary/aromatic N) is 2. The lowest BCUT2D eigenvalue weighted by atomic mass is 10.1. The first kappa shape index (κ1) is 16.4. The summed E-state index contributed by atoms with van der Waals surface area (Å²) in [5.41, 5.74) is 8.44. The largest absolute Gasteiger partial charge is 0.482 e. The molecule has 0 saturated heterocycles. The summed E-state index contributed by atoms with van der Waals surface area (Å²) in [6, 6.07) is 14.5. The number of rotatable bonds is 5. The van der Waals surface area contributed by atoms with E-state index < -0.39 is 12.6 Å². The van der Waals surface area contributed by atoms with E-state index in [1.54, 1.807) is 42.5 Å². The molecule has 0 aliphatic rings. The first-order valence-corrected chi connectivity index (χ1v) is 7.37. The lowest BCUT2D eigenvalue weighted by molar-refractivity contribution is -0.139. The number of nitrogens with two attached hydrogens (primary N) is 1. The zero-order valence-electron chi connectivity index (χ0n) is 13.0. The number of aliphatic carboxylic acids is 1. The Hall–Kier alpha value is -3.48. The van der Waals surface area contributed by atoms with Crippen molar-refractivity contribution in [1.82, 2.24) is 9.97 Å². The molecule has 2 aromatic carbocycles. The van der Waals surface area contributed by atoms with Gasteiger partial charge in [-0.15, -0.1) is 0 Å². The Balaban J connectivity index is 1.89. The van der Waals surface area contributed by atoms with Crippen LogP contribution >= 0.6 is 0 Å². The fourth-order valence-corrected chi connectivity index (χ4v) is 2.25. The molecule has 0 bridgehead atoms. The topological polar surface area (TPSA) is 98.3 Å². The quantitative estimate of drug-likeness (QED) is 0.741. The van der Waals surface area contributed by atoms with Crippen LogP contribution in [0.4, 0.5) is 10.3 Å². The molecule has 0 atom stereocenters. The Labute approximate surface area is 142 Å². The number of aromatic nitrogens is 2. The van der Waals surface area contributed by atoms with Gasteiger partial charge in [-0.3, -0.25) is 0 Å². The molecule has 0 saturated carbocycles. The first-order valence-electron chi connectivity index (χ1n) is 7.37. The van der Waals surface area contributed by atoms with Crippen LogP contribution < -0.4 is 10.5 Å². The summed E-state index contributed by atoms with van der Waals surface area (Å²) in [5.74, 6) is -0.838. The van der Waals surface area contributed by atoms with E-state index in [0.717, 1.165) is 11.1 Å². The van der Waals surface area contributed by atoms with E-state index >= 15 is 0 Å². The smallest absolute Gasteiger partial charge is 0.341 e. The molecule has 0 aliphatic heterocycles. The fraction of sp³-hybridized carbons (Fsp3) is 0.0556. The number of carbonyl (C=O) groups is 1. The maximum atomic E-state index is 13.1. The molecule has 25 heavy (non-hydrogen) atoms. The number of nitrogen functional groups attached to an aromatic ring is 1. The zero-order chi connectivity index (χ0) is 17.8. The van der Waals surface area contributed by atoms with Crippen LogP contribution in [0.1, 0.15) is 0 Å². The third-order valence-electron chi connectivity index (χ3n) is 3.40. The normalized spacial score (nSPS) is 10.4. The van der Waals surface area contributed by atoms with Crippen LogP contribution in [0.3, 0.4) is 0 Å². The number of halogens is 1. The van der Waals surface area contributed by atoms with Crippen LogP contribution in [-0.4, -0.2) is 27.7 Å². The van der Waals surface area contributed by atoms with E-state index in [1.807, 2.05) is 0 Å². The second kappa shape index (κ2) is 6.96. The van der Waals surface area contributed by atoms with Gasteiger partial charge in [0.05, 0.1) is 11.4 Å². The molecule has 1 aromatic heterocycles. The Morgan fingerprint density at radius 2 is 1.52 bits per heavy atom. The summed E-state index contributed by atoms with van der Waals surface area (Å²) in [6.07, 6.45) is 0. The van der Waals surface area contributed by atoms with Crippen molar-refractivity contribution >= 4 is 11.9 Å². The molecule has 0 spiro atoms. The summed E-state index contributed by atoms with van der Waals surface area (Å²) in [7, 11) is 0. The van der Waals surface area contributed by atoms with Crippen molar-refractivity contribution in [3.8, 4) is 28.3 Å². The van der Waals surface area contributed by atoms with Gasteiger partial charge >= 0.3 is 5.97 Å². The summed E-state index contributed by atoms with van der Waals surface area (Å²) < 4.78 is 18.2. The Morgan fingerprint density at radius 1 is 1.00 bits per heavy atom. The second-order valence-corrected chi connectivity index (χ2v) is 5.21. The summed E-state index contributed by atoms with van der Waals surface area (Å²) in [5, 5.41) is 8.61. The number of benzene rings is 2. The standard InChI is InChI=1S/C18H14FN3O3/c19-13-5-1-11(2-6-13)15-9-16(22-18(20)21-15)12-3-7-14(8-4-12)25-10-17(23)24/h1-9H,10H2,(H,23,24)(H2,20,21,22). The van der Waals surface area contributed by atoms with Gasteiger partial charge in [0, 0.05) is 11.1 Å². The van der Waals surface area contributed by atoms with Crippen molar-refractivity contribution in [3.63, 3.8) is 0 Å². The van der Waals surface area contributed by atoms with Crippen LogP contribution in [0.25, 0.3) is 22.5 Å². The molecular formula is C18H14FN3O3. The lowest BCUT2D eigenvalue weighted by Gasteiger charge is -2.08. The molecule has 3 rings (SSSR count). The molecule has 0 unspecified atom stereocenters. The van der Waals surface area contributed by atoms with Gasteiger partial charge in [0.2, 0.25) is 5.95 Å². The summed E-state index contributed by atoms with van der Waals surface area (Å²) in [4.78, 5) is 18.9. The molecule has 3 aromatic rings. The van der Waals surface area contributed by atoms with Crippen LogP contribution in [0.15, 0.2) is 54.6 Å². The second-order valence-electron chi connectivity index (χ2n) is 5.21. The average Bonchev–Trinajstić information content (AvgIpc) is 2.60. The minimum absolute atomic E-state index is 0.100. The predicted octanol–water partition coefficient (Wildman–Crippen LogP) is 3.00. The molecule has 0 aliphatic carbocycles. The van der Waals surface area contributed by atoms with E-state index in [2.05, 4.69) is 9.97 Å². The Kier molecular flexibility index (Phi) is 4.56. The highest BCUT2D eigenvalue weighted by Gasteiger charge is 2.08. The Morgan fingerprint density at radius 3 is 2.04 bits per heavy atom. The molecule has 0 amide bonds. The fourth-order valence-electron chi connectivity index (χ4n) is 2.25. The van der Waals surface area contributed by atoms with E-state index in [-0.39, 0.29) is 11.8 Å². The molecular weight excluding hydrogens is 325 g/mol. The maximum Gasteiger partial charge on any atom is 0.341 e. The van der Waals surface area contributed by atoms with E-state index in [9.17, 15) is 9.18 Å². The van der Waals surface area contributed by atoms with Crippen molar-refractivity contribution in [3.05, 3.63) is 60.4 Å². The third kappa shape index (κ3) is 4.08. The van der Waals surface area contributed by atoms with Crippen molar-refractivity contribution in [2.45, 2.75) is 0 Å². The van der Waals surface area contributed by atoms with Gasteiger partial charge in [0.15, 0.2) is 6.61 Å². The third-order valence-corrected chi connectivity index (χ3v) is 3.40. The minimum atomic E-state index is -1.04. The Bertz CT molecular complexity index is 896. The van der Waals surface area contributed by atoms with Crippen LogP contribution in [-0.2, 0) is 4.79 Å². The monoisotopic (exact) mass is 339 g/mol. The summed E-state index contributed by atoms with van der Waals surface area (Å²) >= 11 is 0. The van der Waals surface area contributed by atoms with Crippen molar-refractivity contribution in [1.29, 1.82) is 0 Å². The number of carboxylic acids is 1. The zero-order valence-corrected chi connectivity index (χ0v) is 13.0. The molecule has 126 valence electrons. The van der Waals surface area contributed by atoms with Gasteiger partial charge in [0.1, 0.15) is 11.6 Å². The predicted molar refractivity (Wildman–Crippen MR) is 90.4 cm³/mol. The molecule has 6 nitrogen and oxygen atoms in total. The SMILES string of the molecule is Nc1nc(-c2ccc(F)cc2)cc(-c2ccc(OCC(=O)O)cc2)n1. The minimum Gasteiger partial charge on any atom is -0.482 e. The average molecular weight is 339 g/mol.